The van der Waals surface area contributed by atoms with Gasteiger partial charge in [-0.3, -0.25) is 9.80 Å². The molecule has 2 aliphatic heterocycles. The molecule has 0 N–H and O–H groups in total. The van der Waals surface area contributed by atoms with Crippen LogP contribution in [0.2, 0.25) is 0 Å². The summed E-state index contributed by atoms with van der Waals surface area (Å²) < 4.78 is 5.29. The number of anilines is 1. The fourth-order valence-corrected chi connectivity index (χ4v) is 6.33. The van der Waals surface area contributed by atoms with Gasteiger partial charge in [0.15, 0.2) is 0 Å². The van der Waals surface area contributed by atoms with Crippen molar-refractivity contribution < 1.29 is 4.74 Å². The van der Waals surface area contributed by atoms with Crippen LogP contribution in [0.3, 0.4) is 0 Å². The van der Waals surface area contributed by atoms with Crippen molar-refractivity contribution >= 4 is 17.0 Å². The summed E-state index contributed by atoms with van der Waals surface area (Å²) in [6.07, 6.45) is 3.74. The Hall–Kier alpha value is -2.34. The van der Waals surface area contributed by atoms with Gasteiger partial charge in [0.25, 0.3) is 0 Å². The number of benzene rings is 2. The monoisotopic (exact) mass is 475 g/mol. The van der Waals surface area contributed by atoms with E-state index in [4.69, 9.17) is 4.74 Å². The molecule has 0 radical (unpaired) electrons. The first-order valence-electron chi connectivity index (χ1n) is 12.7. The number of unbranched alkanes of at least 4 members (excludes halogenated alkanes) is 1. The third-order valence-electron chi connectivity index (χ3n) is 7.44. The van der Waals surface area contributed by atoms with E-state index in [9.17, 15) is 0 Å². The predicted molar refractivity (Wildman–Crippen MR) is 143 cm³/mol. The van der Waals surface area contributed by atoms with Crippen LogP contribution in [0.25, 0.3) is 0 Å². The highest BCUT2D eigenvalue weighted by Gasteiger charge is 2.29. The van der Waals surface area contributed by atoms with Crippen LogP contribution in [-0.4, -0.2) is 62.7 Å². The molecule has 1 saturated heterocycles. The van der Waals surface area contributed by atoms with E-state index in [1.807, 2.05) is 11.3 Å². The second kappa shape index (κ2) is 10.9. The Balaban J connectivity index is 1.11. The van der Waals surface area contributed by atoms with Gasteiger partial charge in [-0.1, -0.05) is 29.8 Å². The minimum absolute atomic E-state index is 0.420. The van der Waals surface area contributed by atoms with Gasteiger partial charge in [0.2, 0.25) is 0 Å². The molecule has 180 valence electrons. The molecular weight excluding hydrogens is 438 g/mol. The minimum atomic E-state index is 0.420. The minimum Gasteiger partial charge on any atom is -0.497 e. The van der Waals surface area contributed by atoms with Gasteiger partial charge in [0.05, 0.1) is 13.2 Å². The molecule has 4 nitrogen and oxygen atoms in total. The van der Waals surface area contributed by atoms with E-state index in [1.54, 1.807) is 12.0 Å². The molecule has 1 aromatic heterocycles. The Morgan fingerprint density at radius 2 is 1.59 bits per heavy atom. The van der Waals surface area contributed by atoms with Gasteiger partial charge >= 0.3 is 0 Å². The third kappa shape index (κ3) is 5.32. The molecule has 2 aromatic carbocycles. The number of hydrogen-bond acceptors (Lipinski definition) is 5. The fourth-order valence-electron chi connectivity index (χ4n) is 5.42. The van der Waals surface area contributed by atoms with E-state index >= 15 is 0 Å². The summed E-state index contributed by atoms with van der Waals surface area (Å²) in [4.78, 5) is 9.44. The van der Waals surface area contributed by atoms with Gasteiger partial charge < -0.3 is 9.64 Å². The Bertz CT molecular complexity index is 1040. The standard InChI is InChI=1S/C29H37N3OS/c1-23-5-7-24(8-6-23)29-27-14-22-34-28(27)13-17-32(29)16-4-3-15-30-18-20-31(21-19-30)25-9-11-26(33-2)12-10-25/h5-12,14,22,29H,3-4,13,15-21H2,1-2H3. The summed E-state index contributed by atoms with van der Waals surface area (Å²) in [7, 11) is 1.72. The van der Waals surface area contributed by atoms with Crippen molar-refractivity contribution in [2.75, 3.05) is 57.8 Å². The number of fused-ring (bicyclic) bond motifs is 1. The molecule has 1 atom stereocenters. The van der Waals surface area contributed by atoms with Gasteiger partial charge in [-0.15, -0.1) is 11.3 Å². The molecule has 5 rings (SSSR count). The van der Waals surface area contributed by atoms with Gasteiger partial charge in [-0.05, 0) is 86.1 Å². The van der Waals surface area contributed by atoms with Crippen molar-refractivity contribution in [3.63, 3.8) is 0 Å². The average Bonchev–Trinajstić information content (AvgIpc) is 3.36. The zero-order valence-electron chi connectivity index (χ0n) is 20.6. The van der Waals surface area contributed by atoms with Crippen molar-refractivity contribution in [3.05, 3.63) is 81.5 Å². The predicted octanol–water partition coefficient (Wildman–Crippen LogP) is 5.62. The first-order valence-corrected chi connectivity index (χ1v) is 13.6. The number of aryl methyl sites for hydroxylation is 1. The van der Waals surface area contributed by atoms with Gasteiger partial charge in [-0.2, -0.15) is 0 Å². The van der Waals surface area contributed by atoms with Crippen LogP contribution in [-0.2, 0) is 6.42 Å². The van der Waals surface area contributed by atoms with Gasteiger partial charge in [0.1, 0.15) is 5.75 Å². The second-order valence-corrected chi connectivity index (χ2v) is 10.6. The maximum absolute atomic E-state index is 5.29. The summed E-state index contributed by atoms with van der Waals surface area (Å²) in [5.74, 6) is 0.927. The van der Waals surface area contributed by atoms with E-state index in [2.05, 4.69) is 81.6 Å². The molecule has 1 fully saturated rings. The van der Waals surface area contributed by atoms with Gasteiger partial charge in [0, 0.05) is 43.3 Å². The Morgan fingerprint density at radius 1 is 0.853 bits per heavy atom. The third-order valence-corrected chi connectivity index (χ3v) is 8.43. The van der Waals surface area contributed by atoms with Crippen molar-refractivity contribution in [1.82, 2.24) is 9.80 Å². The van der Waals surface area contributed by atoms with Crippen LogP contribution >= 0.6 is 11.3 Å². The molecule has 3 heterocycles. The van der Waals surface area contributed by atoms with Gasteiger partial charge in [-0.25, -0.2) is 0 Å². The largest absolute Gasteiger partial charge is 0.497 e. The quantitative estimate of drug-likeness (QED) is 0.394. The van der Waals surface area contributed by atoms with Crippen LogP contribution < -0.4 is 9.64 Å². The molecule has 0 saturated carbocycles. The van der Waals surface area contributed by atoms with E-state index in [0.717, 1.165) is 31.9 Å². The molecule has 0 bridgehead atoms. The van der Waals surface area contributed by atoms with Crippen molar-refractivity contribution in [3.8, 4) is 5.75 Å². The zero-order valence-corrected chi connectivity index (χ0v) is 21.4. The molecule has 0 spiro atoms. The average molecular weight is 476 g/mol. The van der Waals surface area contributed by atoms with Crippen LogP contribution in [0.15, 0.2) is 60.0 Å². The number of hydrogen-bond donors (Lipinski definition) is 0. The van der Waals surface area contributed by atoms with Crippen molar-refractivity contribution in [1.29, 1.82) is 0 Å². The fraction of sp³-hybridized carbons (Fsp3) is 0.448. The van der Waals surface area contributed by atoms with E-state index in [-0.39, 0.29) is 0 Å². The zero-order chi connectivity index (χ0) is 23.3. The molecule has 2 aliphatic rings. The first-order chi connectivity index (χ1) is 16.7. The SMILES string of the molecule is COc1ccc(N2CCN(CCCCN3CCc4sccc4C3c3ccc(C)cc3)CC2)cc1. The highest BCUT2D eigenvalue weighted by atomic mass is 32.1. The van der Waals surface area contributed by atoms with Crippen LogP contribution in [0, 0.1) is 6.92 Å². The Morgan fingerprint density at radius 3 is 2.32 bits per heavy atom. The lowest BCUT2D eigenvalue weighted by atomic mass is 9.92. The summed E-state index contributed by atoms with van der Waals surface area (Å²) >= 11 is 1.93. The molecule has 34 heavy (non-hydrogen) atoms. The number of piperazine rings is 1. The number of ether oxygens (including phenoxy) is 1. The van der Waals surface area contributed by atoms with Crippen LogP contribution in [0.4, 0.5) is 5.69 Å². The lowest BCUT2D eigenvalue weighted by Crippen LogP contribution is -2.46. The molecule has 5 heteroatoms. The lowest BCUT2D eigenvalue weighted by molar-refractivity contribution is 0.200. The maximum atomic E-state index is 5.29. The lowest BCUT2D eigenvalue weighted by Gasteiger charge is -2.37. The summed E-state index contributed by atoms with van der Waals surface area (Å²) in [6.45, 7) is 10.3. The second-order valence-electron chi connectivity index (χ2n) is 9.63. The highest BCUT2D eigenvalue weighted by molar-refractivity contribution is 7.10. The van der Waals surface area contributed by atoms with Crippen molar-refractivity contribution in [2.24, 2.45) is 0 Å². The number of methoxy groups -OCH3 is 1. The highest BCUT2D eigenvalue weighted by Crippen LogP contribution is 2.37. The Labute approximate surface area is 208 Å². The van der Waals surface area contributed by atoms with E-state index < -0.39 is 0 Å². The number of thiophene rings is 1. The first kappa shape index (κ1) is 23.4. The Kier molecular flexibility index (Phi) is 7.53. The van der Waals surface area contributed by atoms with Crippen molar-refractivity contribution in [2.45, 2.75) is 32.2 Å². The summed E-state index contributed by atoms with van der Waals surface area (Å²) in [6, 6.07) is 20.5. The molecule has 3 aromatic rings. The normalized spacial score (nSPS) is 19.2. The topological polar surface area (TPSA) is 19.0 Å². The molecule has 0 amide bonds. The van der Waals surface area contributed by atoms with Crippen LogP contribution in [0.5, 0.6) is 5.75 Å². The van der Waals surface area contributed by atoms with Crippen LogP contribution in [0.1, 0.15) is 40.5 Å². The summed E-state index contributed by atoms with van der Waals surface area (Å²) in [5, 5.41) is 2.28. The summed E-state index contributed by atoms with van der Waals surface area (Å²) in [5.41, 5.74) is 5.62. The molecular formula is C29H37N3OS. The number of rotatable bonds is 8. The number of nitrogens with zero attached hydrogens (tertiary/aromatic N) is 3. The molecule has 1 unspecified atom stereocenters. The molecule has 0 aliphatic carbocycles. The smallest absolute Gasteiger partial charge is 0.119 e. The van der Waals surface area contributed by atoms with E-state index in [1.165, 1.54) is 61.3 Å². The van der Waals surface area contributed by atoms with E-state index in [0.29, 0.717) is 6.04 Å². The maximum Gasteiger partial charge on any atom is 0.119 e.